The van der Waals surface area contributed by atoms with Crippen molar-refractivity contribution < 1.29 is 18.7 Å². The fourth-order valence-corrected chi connectivity index (χ4v) is 5.66. The van der Waals surface area contributed by atoms with E-state index >= 15 is 0 Å². The molecule has 0 fully saturated rings. The van der Waals surface area contributed by atoms with Crippen molar-refractivity contribution in [2.75, 3.05) is 12.0 Å². The molecule has 1 aliphatic carbocycles. The number of anilines is 1. The van der Waals surface area contributed by atoms with Crippen molar-refractivity contribution in [3.05, 3.63) is 93.3 Å². The van der Waals surface area contributed by atoms with Gasteiger partial charge in [0, 0.05) is 22.9 Å². The normalized spacial score (nSPS) is 18.9. The van der Waals surface area contributed by atoms with E-state index in [-0.39, 0.29) is 40.8 Å². The molecule has 2 aliphatic rings. The predicted octanol–water partition coefficient (Wildman–Crippen LogP) is 6.14. The average molecular weight is 549 g/mol. The molecule has 2 aromatic carbocycles. The number of esters is 1. The van der Waals surface area contributed by atoms with E-state index in [0.717, 1.165) is 10.9 Å². The molecule has 5 rings (SSSR count). The van der Waals surface area contributed by atoms with E-state index in [1.807, 2.05) is 45.0 Å². The first kappa shape index (κ1) is 26.7. The number of rotatable bonds is 5. The number of allylic oxidation sites excluding steroid dienone is 2. The van der Waals surface area contributed by atoms with E-state index in [4.69, 9.17) is 22.1 Å². The van der Waals surface area contributed by atoms with Crippen LogP contribution in [0.5, 0.6) is 0 Å². The molecule has 9 heteroatoms. The van der Waals surface area contributed by atoms with Gasteiger partial charge in [0.05, 0.1) is 35.0 Å². The van der Waals surface area contributed by atoms with Crippen LogP contribution in [0.2, 0.25) is 5.15 Å². The van der Waals surface area contributed by atoms with Gasteiger partial charge in [0.25, 0.3) is 0 Å². The van der Waals surface area contributed by atoms with E-state index in [1.54, 1.807) is 24.1 Å². The smallest absolute Gasteiger partial charge is 0.338 e. The van der Waals surface area contributed by atoms with E-state index in [1.165, 1.54) is 12.1 Å². The summed E-state index contributed by atoms with van der Waals surface area (Å²) < 4.78 is 19.1. The summed E-state index contributed by atoms with van der Waals surface area (Å²) in [5.41, 5.74) is 13.5. The number of ether oxygens (including phenoxy) is 1. The fourth-order valence-electron chi connectivity index (χ4n) is 5.40. The average Bonchev–Trinajstić information content (AvgIpc) is 2.86. The SMILES string of the molecule is CCOC(=O)C1=C(N)N(Nc2ccc(F)cc2)C2=C(C(=O)CC(C)(C)C2)C1c1cc2cc(C)ccc2nc1Cl. The van der Waals surface area contributed by atoms with Gasteiger partial charge in [-0.3, -0.25) is 10.2 Å². The second-order valence-electron chi connectivity index (χ2n) is 10.8. The zero-order chi connectivity index (χ0) is 28.1. The Labute approximate surface area is 231 Å². The molecule has 1 aliphatic heterocycles. The number of benzene rings is 2. The van der Waals surface area contributed by atoms with Crippen LogP contribution in [-0.4, -0.2) is 28.4 Å². The first-order valence-electron chi connectivity index (χ1n) is 12.8. The Balaban J connectivity index is 1.77. The highest BCUT2D eigenvalue weighted by molar-refractivity contribution is 6.31. The van der Waals surface area contributed by atoms with Gasteiger partial charge < -0.3 is 10.5 Å². The largest absolute Gasteiger partial charge is 0.463 e. The molecule has 0 radical (unpaired) electrons. The van der Waals surface area contributed by atoms with Crippen molar-refractivity contribution in [3.8, 4) is 0 Å². The Morgan fingerprint density at radius 1 is 1.21 bits per heavy atom. The number of nitrogens with zero attached hydrogens (tertiary/aromatic N) is 2. The Morgan fingerprint density at radius 3 is 2.62 bits per heavy atom. The maximum atomic E-state index is 13.9. The second-order valence-corrected chi connectivity index (χ2v) is 11.1. The van der Waals surface area contributed by atoms with Gasteiger partial charge in [-0.1, -0.05) is 37.1 Å². The first-order valence-corrected chi connectivity index (χ1v) is 13.2. The number of pyridine rings is 1. The molecule has 1 unspecified atom stereocenters. The number of nitrogens with one attached hydrogen (secondary N) is 1. The number of ketones is 1. The third-order valence-corrected chi connectivity index (χ3v) is 7.41. The van der Waals surface area contributed by atoms with Gasteiger partial charge in [-0.25, -0.2) is 19.2 Å². The molecule has 0 bridgehead atoms. The Kier molecular flexibility index (Phi) is 6.84. The number of nitrogens with two attached hydrogens (primary N) is 1. The number of hydrogen-bond donors (Lipinski definition) is 2. The molecule has 0 amide bonds. The number of hydrazine groups is 1. The van der Waals surface area contributed by atoms with Gasteiger partial charge in [0.1, 0.15) is 16.8 Å². The maximum absolute atomic E-state index is 13.9. The van der Waals surface area contributed by atoms with Crippen LogP contribution in [0.3, 0.4) is 0 Å². The number of aromatic nitrogens is 1. The number of hydrogen-bond acceptors (Lipinski definition) is 7. The van der Waals surface area contributed by atoms with Gasteiger partial charge in [-0.2, -0.15) is 0 Å². The maximum Gasteiger partial charge on any atom is 0.338 e. The van der Waals surface area contributed by atoms with Crippen LogP contribution in [0, 0.1) is 18.2 Å². The Bertz CT molecular complexity index is 1560. The zero-order valence-corrected chi connectivity index (χ0v) is 23.0. The van der Waals surface area contributed by atoms with Gasteiger partial charge in [0.15, 0.2) is 5.78 Å². The number of carbonyl (C=O) groups excluding carboxylic acids is 2. The minimum Gasteiger partial charge on any atom is -0.463 e. The van der Waals surface area contributed by atoms with Crippen molar-refractivity contribution in [2.24, 2.45) is 11.1 Å². The minimum absolute atomic E-state index is 0.0763. The van der Waals surface area contributed by atoms with E-state index < -0.39 is 17.7 Å². The van der Waals surface area contributed by atoms with Gasteiger partial charge in [0.2, 0.25) is 0 Å². The monoisotopic (exact) mass is 548 g/mol. The first-order chi connectivity index (χ1) is 18.5. The fraction of sp³-hybridized carbons (Fsp3) is 0.300. The zero-order valence-electron chi connectivity index (χ0n) is 22.3. The predicted molar refractivity (Wildman–Crippen MR) is 149 cm³/mol. The lowest BCUT2D eigenvalue weighted by Gasteiger charge is -2.44. The molecule has 1 aromatic heterocycles. The highest BCUT2D eigenvalue weighted by Gasteiger charge is 2.47. The Morgan fingerprint density at radius 2 is 1.92 bits per heavy atom. The summed E-state index contributed by atoms with van der Waals surface area (Å²) in [4.78, 5) is 32.0. The quantitative estimate of drug-likeness (QED) is 0.292. The second kappa shape index (κ2) is 10.0. The lowest BCUT2D eigenvalue weighted by molar-refractivity contribution is -0.139. The van der Waals surface area contributed by atoms with Gasteiger partial charge in [-0.05, 0) is 68.1 Å². The standard InChI is InChI=1S/C30H30ClFN4O3/c1-5-39-29(38)26-24(20-13-17-12-16(2)6-11-21(17)34-27(20)31)25-22(14-30(3,4)15-23(25)37)36(28(26)33)35-19-9-7-18(32)8-10-19/h6-13,24,35H,5,14-15,33H2,1-4H3. The number of aryl methyl sites for hydroxylation is 1. The molecule has 0 spiro atoms. The topological polar surface area (TPSA) is 97.5 Å². The van der Waals surface area contributed by atoms with Gasteiger partial charge >= 0.3 is 5.97 Å². The highest BCUT2D eigenvalue weighted by Crippen LogP contribution is 2.50. The molecule has 202 valence electrons. The molecule has 0 saturated heterocycles. The third kappa shape index (κ3) is 4.96. The summed E-state index contributed by atoms with van der Waals surface area (Å²) in [5.74, 6) is -1.97. The lowest BCUT2D eigenvalue weighted by Crippen LogP contribution is -2.45. The van der Waals surface area contributed by atoms with Crippen LogP contribution < -0.4 is 11.2 Å². The summed E-state index contributed by atoms with van der Waals surface area (Å²) in [6, 6.07) is 13.4. The van der Waals surface area contributed by atoms with E-state index in [0.29, 0.717) is 34.5 Å². The summed E-state index contributed by atoms with van der Waals surface area (Å²) in [7, 11) is 0. The molecule has 3 aromatic rings. The molecule has 0 saturated carbocycles. The van der Waals surface area contributed by atoms with Crippen LogP contribution in [0.25, 0.3) is 10.9 Å². The summed E-state index contributed by atoms with van der Waals surface area (Å²) >= 11 is 6.76. The van der Waals surface area contributed by atoms with Crippen LogP contribution in [0.4, 0.5) is 10.1 Å². The summed E-state index contributed by atoms with van der Waals surface area (Å²) in [6.07, 6.45) is 0.772. The third-order valence-electron chi connectivity index (χ3n) is 7.10. The molecule has 39 heavy (non-hydrogen) atoms. The number of halogens is 2. The highest BCUT2D eigenvalue weighted by atomic mass is 35.5. The van der Waals surface area contributed by atoms with Crippen LogP contribution in [0.1, 0.15) is 50.7 Å². The van der Waals surface area contributed by atoms with Gasteiger partial charge in [-0.15, -0.1) is 0 Å². The van der Waals surface area contributed by atoms with Crippen molar-refractivity contribution in [2.45, 2.75) is 46.5 Å². The number of carbonyl (C=O) groups is 2. The molecular weight excluding hydrogens is 519 g/mol. The minimum atomic E-state index is -0.876. The molecule has 7 nitrogen and oxygen atoms in total. The molecule has 1 atom stereocenters. The van der Waals surface area contributed by atoms with Crippen molar-refractivity contribution in [3.63, 3.8) is 0 Å². The molecular formula is C30H30ClFN4O3. The Hall–Kier alpha value is -3.91. The van der Waals surface area contributed by atoms with E-state index in [9.17, 15) is 14.0 Å². The number of fused-ring (bicyclic) bond motifs is 1. The van der Waals surface area contributed by atoms with Crippen molar-refractivity contribution in [1.82, 2.24) is 9.99 Å². The summed E-state index contributed by atoms with van der Waals surface area (Å²) in [5, 5.41) is 2.56. The molecule has 3 N–H and O–H groups in total. The molecule has 2 heterocycles. The van der Waals surface area contributed by atoms with Crippen LogP contribution in [0.15, 0.2) is 71.2 Å². The van der Waals surface area contributed by atoms with Crippen molar-refractivity contribution in [1.29, 1.82) is 0 Å². The van der Waals surface area contributed by atoms with Crippen LogP contribution >= 0.6 is 11.6 Å². The van der Waals surface area contributed by atoms with Crippen molar-refractivity contribution >= 4 is 39.9 Å². The number of Topliss-reactive ketones (excluding diaryl/α,β-unsaturated/α-hetero) is 1. The summed E-state index contributed by atoms with van der Waals surface area (Å²) in [6.45, 7) is 7.81. The lowest BCUT2D eigenvalue weighted by atomic mass is 9.69. The van der Waals surface area contributed by atoms with E-state index in [2.05, 4.69) is 10.4 Å². The van der Waals surface area contributed by atoms with Crippen LogP contribution in [-0.2, 0) is 14.3 Å².